The first-order chi connectivity index (χ1) is 12.7. The third-order valence-corrected chi connectivity index (χ3v) is 4.53. The van der Waals surface area contributed by atoms with Gasteiger partial charge in [-0.05, 0) is 29.8 Å². The molecule has 2 aromatic carbocycles. The minimum Gasteiger partial charge on any atom is -0.350 e. The maximum absolute atomic E-state index is 12.9. The van der Waals surface area contributed by atoms with E-state index in [1.807, 2.05) is 77.5 Å². The Morgan fingerprint density at radius 3 is 2.58 bits per heavy atom. The summed E-state index contributed by atoms with van der Waals surface area (Å²) in [6, 6.07) is 21.2. The average molecular weight is 345 g/mol. The molecule has 1 aliphatic heterocycles. The zero-order chi connectivity index (χ0) is 17.9. The first-order valence-electron chi connectivity index (χ1n) is 8.58. The summed E-state index contributed by atoms with van der Waals surface area (Å²) in [4.78, 5) is 26.9. The molecule has 0 atom stereocenters. The van der Waals surface area contributed by atoms with Crippen LogP contribution in [0.4, 0.5) is 0 Å². The number of carbonyl (C=O) groups excluding carboxylic acids is 2. The Hall–Kier alpha value is -3.34. The summed E-state index contributed by atoms with van der Waals surface area (Å²) in [7, 11) is 0. The molecule has 4 rings (SSSR count). The molecule has 130 valence electrons. The van der Waals surface area contributed by atoms with Gasteiger partial charge in [0.2, 0.25) is 5.91 Å². The lowest BCUT2D eigenvalue weighted by molar-refractivity contribution is -0.122. The lowest BCUT2D eigenvalue weighted by atomic mass is 10.1. The zero-order valence-electron chi connectivity index (χ0n) is 14.3. The number of benzene rings is 2. The monoisotopic (exact) mass is 345 g/mol. The van der Waals surface area contributed by atoms with Crippen LogP contribution in [0.3, 0.4) is 0 Å². The van der Waals surface area contributed by atoms with E-state index in [-0.39, 0.29) is 18.4 Å². The first-order valence-corrected chi connectivity index (χ1v) is 8.58. The highest BCUT2D eigenvalue weighted by Gasteiger charge is 2.26. The van der Waals surface area contributed by atoms with Gasteiger partial charge < -0.3 is 14.8 Å². The molecule has 0 radical (unpaired) electrons. The van der Waals surface area contributed by atoms with E-state index in [0.29, 0.717) is 18.7 Å². The van der Waals surface area contributed by atoms with Crippen molar-refractivity contribution in [2.45, 2.75) is 13.1 Å². The van der Waals surface area contributed by atoms with Gasteiger partial charge in [-0.25, -0.2) is 0 Å². The summed E-state index contributed by atoms with van der Waals surface area (Å²) in [5, 5.41) is 2.89. The number of amides is 2. The predicted octanol–water partition coefficient (Wildman–Crippen LogP) is 2.75. The van der Waals surface area contributed by atoms with Gasteiger partial charge in [0.25, 0.3) is 5.91 Å². The minimum absolute atomic E-state index is 0.0329. The molecular formula is C21H19N3O2. The van der Waals surface area contributed by atoms with E-state index in [0.717, 1.165) is 16.9 Å². The summed E-state index contributed by atoms with van der Waals surface area (Å²) in [6.45, 7) is 0.888. The van der Waals surface area contributed by atoms with Crippen molar-refractivity contribution in [3.63, 3.8) is 0 Å². The van der Waals surface area contributed by atoms with Crippen molar-refractivity contribution in [3.8, 4) is 5.69 Å². The number of aromatic nitrogens is 1. The van der Waals surface area contributed by atoms with E-state index in [1.165, 1.54) is 0 Å². The third-order valence-electron chi connectivity index (χ3n) is 4.53. The van der Waals surface area contributed by atoms with Crippen molar-refractivity contribution >= 4 is 11.8 Å². The highest BCUT2D eigenvalue weighted by atomic mass is 16.2. The van der Waals surface area contributed by atoms with E-state index >= 15 is 0 Å². The number of nitrogens with one attached hydrogen (secondary N) is 1. The van der Waals surface area contributed by atoms with Crippen LogP contribution >= 0.6 is 0 Å². The molecule has 2 amide bonds. The van der Waals surface area contributed by atoms with Crippen LogP contribution in [-0.2, 0) is 17.9 Å². The van der Waals surface area contributed by atoms with Crippen LogP contribution in [0.1, 0.15) is 21.6 Å². The molecule has 3 aromatic rings. The van der Waals surface area contributed by atoms with Gasteiger partial charge in [-0.15, -0.1) is 0 Å². The molecule has 5 nitrogen and oxygen atoms in total. The Morgan fingerprint density at radius 1 is 0.962 bits per heavy atom. The van der Waals surface area contributed by atoms with Crippen molar-refractivity contribution in [2.75, 3.05) is 6.54 Å². The Kier molecular flexibility index (Phi) is 4.27. The second-order valence-corrected chi connectivity index (χ2v) is 6.31. The zero-order valence-corrected chi connectivity index (χ0v) is 14.3. The van der Waals surface area contributed by atoms with Crippen molar-refractivity contribution in [2.24, 2.45) is 0 Å². The third kappa shape index (κ3) is 3.11. The molecule has 1 aromatic heterocycles. The highest BCUT2D eigenvalue weighted by molar-refractivity contribution is 6.00. The van der Waals surface area contributed by atoms with Crippen molar-refractivity contribution in [1.82, 2.24) is 14.8 Å². The molecule has 1 N–H and O–H groups in total. The molecule has 0 fully saturated rings. The van der Waals surface area contributed by atoms with Gasteiger partial charge in [-0.3, -0.25) is 9.59 Å². The SMILES string of the molecule is O=C(CN1Cc2cccn2-c2ccccc2C1=O)NCc1ccccc1. The Bertz CT molecular complexity index is 947. The van der Waals surface area contributed by atoms with Crippen molar-refractivity contribution < 1.29 is 9.59 Å². The largest absolute Gasteiger partial charge is 0.350 e. The van der Waals surface area contributed by atoms with E-state index in [1.54, 1.807) is 4.90 Å². The Labute approximate surface area is 151 Å². The lowest BCUT2D eigenvalue weighted by Gasteiger charge is -2.20. The van der Waals surface area contributed by atoms with E-state index in [4.69, 9.17) is 0 Å². The fourth-order valence-corrected chi connectivity index (χ4v) is 3.24. The summed E-state index contributed by atoms with van der Waals surface area (Å²) in [6.07, 6.45) is 1.94. The fraction of sp³-hybridized carbons (Fsp3) is 0.143. The maximum Gasteiger partial charge on any atom is 0.256 e. The Morgan fingerprint density at radius 2 is 1.73 bits per heavy atom. The molecule has 0 spiro atoms. The predicted molar refractivity (Wildman–Crippen MR) is 98.8 cm³/mol. The highest BCUT2D eigenvalue weighted by Crippen LogP contribution is 2.24. The van der Waals surface area contributed by atoms with E-state index in [9.17, 15) is 9.59 Å². The summed E-state index contributed by atoms with van der Waals surface area (Å²) >= 11 is 0. The summed E-state index contributed by atoms with van der Waals surface area (Å²) in [5.41, 5.74) is 3.48. The molecule has 1 aliphatic rings. The first kappa shape index (κ1) is 16.1. The molecule has 0 unspecified atom stereocenters. The van der Waals surface area contributed by atoms with Gasteiger partial charge in [0.05, 0.1) is 17.8 Å². The molecule has 0 aliphatic carbocycles. The van der Waals surface area contributed by atoms with Gasteiger partial charge in [0, 0.05) is 18.4 Å². The molecule has 0 saturated carbocycles. The maximum atomic E-state index is 12.9. The minimum atomic E-state index is -0.167. The van der Waals surface area contributed by atoms with Crippen LogP contribution in [0.2, 0.25) is 0 Å². The fourth-order valence-electron chi connectivity index (χ4n) is 3.24. The standard InChI is InChI=1S/C21H19N3O2/c25-20(22-13-16-7-2-1-3-8-16)15-23-14-17-9-6-12-24(17)19-11-5-4-10-18(19)21(23)26/h1-12H,13-15H2,(H,22,25). The van der Waals surface area contributed by atoms with Crippen LogP contribution in [0, 0.1) is 0 Å². The Balaban J connectivity index is 1.52. The quantitative estimate of drug-likeness (QED) is 0.790. The number of rotatable bonds is 4. The average Bonchev–Trinajstić information content (AvgIpc) is 3.10. The van der Waals surface area contributed by atoms with Gasteiger partial charge in [0.1, 0.15) is 6.54 Å². The normalized spacial score (nSPS) is 12.9. The second-order valence-electron chi connectivity index (χ2n) is 6.31. The van der Waals surface area contributed by atoms with Crippen LogP contribution in [0.15, 0.2) is 72.9 Å². The molecule has 2 heterocycles. The lowest BCUT2D eigenvalue weighted by Crippen LogP contribution is -2.39. The number of para-hydroxylation sites is 1. The molecule has 0 saturated heterocycles. The number of hydrogen-bond donors (Lipinski definition) is 1. The number of nitrogens with zero attached hydrogens (tertiary/aromatic N) is 2. The molecule has 26 heavy (non-hydrogen) atoms. The topological polar surface area (TPSA) is 54.3 Å². The molecule has 5 heteroatoms. The second kappa shape index (κ2) is 6.88. The molecule has 0 bridgehead atoms. The number of hydrogen-bond acceptors (Lipinski definition) is 2. The van der Waals surface area contributed by atoms with Gasteiger partial charge >= 0.3 is 0 Å². The van der Waals surface area contributed by atoms with Crippen molar-refractivity contribution in [3.05, 3.63) is 89.7 Å². The summed E-state index contributed by atoms with van der Waals surface area (Å²) in [5.74, 6) is -0.293. The molecular weight excluding hydrogens is 326 g/mol. The van der Waals surface area contributed by atoms with Crippen molar-refractivity contribution in [1.29, 1.82) is 0 Å². The van der Waals surface area contributed by atoms with Crippen LogP contribution in [0.5, 0.6) is 0 Å². The van der Waals surface area contributed by atoms with Crippen LogP contribution < -0.4 is 5.32 Å². The van der Waals surface area contributed by atoms with Gasteiger partial charge in [-0.2, -0.15) is 0 Å². The van der Waals surface area contributed by atoms with E-state index < -0.39 is 0 Å². The number of fused-ring (bicyclic) bond motifs is 3. The number of carbonyl (C=O) groups is 2. The smallest absolute Gasteiger partial charge is 0.256 e. The van der Waals surface area contributed by atoms with Gasteiger partial charge in [0.15, 0.2) is 0 Å². The van der Waals surface area contributed by atoms with Gasteiger partial charge in [-0.1, -0.05) is 42.5 Å². The van der Waals surface area contributed by atoms with Crippen LogP contribution in [-0.4, -0.2) is 27.8 Å². The van der Waals surface area contributed by atoms with Crippen LogP contribution in [0.25, 0.3) is 5.69 Å². The summed E-state index contributed by atoms with van der Waals surface area (Å²) < 4.78 is 2.01. The van der Waals surface area contributed by atoms with E-state index in [2.05, 4.69) is 5.32 Å².